The molecular weight excluding hydrogens is 284 g/mol. The fraction of sp³-hybridized carbons (Fsp3) is 0.375. The van der Waals surface area contributed by atoms with E-state index in [0.29, 0.717) is 17.9 Å². The van der Waals surface area contributed by atoms with E-state index in [1.807, 2.05) is 19.9 Å². The molecule has 22 heavy (non-hydrogen) atoms. The molecule has 0 fully saturated rings. The van der Waals surface area contributed by atoms with Gasteiger partial charge in [0.25, 0.3) is 0 Å². The second kappa shape index (κ2) is 7.09. The molecule has 2 aromatic rings. The Labute approximate surface area is 129 Å². The van der Waals surface area contributed by atoms with E-state index in [9.17, 15) is 9.90 Å². The zero-order valence-electron chi connectivity index (χ0n) is 12.9. The van der Waals surface area contributed by atoms with Crippen LogP contribution in [0.1, 0.15) is 21.7 Å². The minimum Gasteiger partial charge on any atom is -0.491 e. The smallest absolute Gasteiger partial charge is 0.337 e. The predicted molar refractivity (Wildman–Crippen MR) is 81.0 cm³/mol. The van der Waals surface area contributed by atoms with Gasteiger partial charge in [0, 0.05) is 5.69 Å². The van der Waals surface area contributed by atoms with Crippen LogP contribution in [0.2, 0.25) is 0 Å². The van der Waals surface area contributed by atoms with Crippen LogP contribution in [0.5, 0.6) is 5.75 Å². The van der Waals surface area contributed by atoms with Crippen molar-refractivity contribution in [3.63, 3.8) is 0 Å². The molecule has 0 aliphatic rings. The van der Waals surface area contributed by atoms with Crippen molar-refractivity contribution < 1.29 is 19.4 Å². The molecule has 0 amide bonds. The molecule has 2 rings (SSSR count). The van der Waals surface area contributed by atoms with E-state index in [-0.39, 0.29) is 6.61 Å². The molecule has 118 valence electrons. The van der Waals surface area contributed by atoms with Crippen LogP contribution in [-0.2, 0) is 11.3 Å². The van der Waals surface area contributed by atoms with Gasteiger partial charge in [0.2, 0.25) is 0 Å². The fourth-order valence-corrected chi connectivity index (χ4v) is 2.11. The molecule has 0 saturated heterocycles. The van der Waals surface area contributed by atoms with Gasteiger partial charge in [0.1, 0.15) is 18.5 Å². The monoisotopic (exact) mass is 304 g/mol. The van der Waals surface area contributed by atoms with Crippen molar-refractivity contribution in [3.05, 3.63) is 47.3 Å². The molecule has 0 aliphatic carbocycles. The lowest BCUT2D eigenvalue weighted by atomic mass is 10.2. The Morgan fingerprint density at radius 1 is 1.32 bits per heavy atom. The molecule has 1 atom stereocenters. The highest BCUT2D eigenvalue weighted by atomic mass is 16.5. The summed E-state index contributed by atoms with van der Waals surface area (Å²) in [7, 11) is 1.34. The third kappa shape index (κ3) is 4.08. The van der Waals surface area contributed by atoms with Gasteiger partial charge in [-0.1, -0.05) is 0 Å². The normalized spacial score (nSPS) is 12.0. The third-order valence-electron chi connectivity index (χ3n) is 3.20. The Kier molecular flexibility index (Phi) is 5.16. The summed E-state index contributed by atoms with van der Waals surface area (Å²) >= 11 is 0. The number of carbonyl (C=O) groups excluding carboxylic acids is 1. The summed E-state index contributed by atoms with van der Waals surface area (Å²) in [4.78, 5) is 11.3. The Morgan fingerprint density at radius 3 is 2.55 bits per heavy atom. The van der Waals surface area contributed by atoms with Crippen molar-refractivity contribution in [3.8, 4) is 5.75 Å². The SMILES string of the molecule is COC(=O)c1ccc(OC[C@H](O)Cn2nc(C)cc2C)cc1. The highest BCUT2D eigenvalue weighted by Gasteiger charge is 2.10. The second-order valence-electron chi connectivity index (χ2n) is 5.09. The number of benzene rings is 1. The lowest BCUT2D eigenvalue weighted by molar-refractivity contribution is 0.0600. The number of aryl methyl sites for hydroxylation is 2. The first-order valence-corrected chi connectivity index (χ1v) is 7.00. The van der Waals surface area contributed by atoms with Crippen LogP contribution in [0, 0.1) is 13.8 Å². The molecule has 6 heteroatoms. The van der Waals surface area contributed by atoms with Crippen molar-refractivity contribution in [2.24, 2.45) is 0 Å². The third-order valence-corrected chi connectivity index (χ3v) is 3.20. The summed E-state index contributed by atoms with van der Waals surface area (Å²) in [5.41, 5.74) is 2.38. The Hall–Kier alpha value is -2.34. The fourth-order valence-electron chi connectivity index (χ4n) is 2.11. The quantitative estimate of drug-likeness (QED) is 0.823. The molecule has 0 saturated carbocycles. The largest absolute Gasteiger partial charge is 0.491 e. The number of hydrogen-bond donors (Lipinski definition) is 1. The van der Waals surface area contributed by atoms with Crippen LogP contribution >= 0.6 is 0 Å². The minimum atomic E-state index is -0.668. The van der Waals surface area contributed by atoms with Gasteiger partial charge >= 0.3 is 5.97 Å². The molecule has 0 unspecified atom stereocenters. The molecular formula is C16H20N2O4. The molecule has 1 aromatic carbocycles. The van der Waals surface area contributed by atoms with E-state index in [1.165, 1.54) is 7.11 Å². The number of aliphatic hydroxyl groups excluding tert-OH is 1. The van der Waals surface area contributed by atoms with Crippen LogP contribution in [0.3, 0.4) is 0 Å². The van der Waals surface area contributed by atoms with E-state index in [1.54, 1.807) is 28.9 Å². The molecule has 1 N–H and O–H groups in total. The number of aliphatic hydroxyl groups is 1. The van der Waals surface area contributed by atoms with Crippen molar-refractivity contribution in [1.82, 2.24) is 9.78 Å². The standard InChI is InChI=1S/C16H20N2O4/c1-11-8-12(2)18(17-11)9-14(19)10-22-15-6-4-13(5-7-15)16(20)21-3/h4-8,14,19H,9-10H2,1-3H3/t14-/m1/s1. The molecule has 1 aromatic heterocycles. The first kappa shape index (κ1) is 16.0. The maximum Gasteiger partial charge on any atom is 0.337 e. The van der Waals surface area contributed by atoms with Gasteiger partial charge in [-0.2, -0.15) is 5.10 Å². The van der Waals surface area contributed by atoms with Crippen molar-refractivity contribution in [1.29, 1.82) is 0 Å². The van der Waals surface area contributed by atoms with Gasteiger partial charge in [0.15, 0.2) is 0 Å². The average Bonchev–Trinajstić information content (AvgIpc) is 2.82. The Bertz CT molecular complexity index is 634. The second-order valence-corrected chi connectivity index (χ2v) is 5.09. The first-order valence-electron chi connectivity index (χ1n) is 7.00. The number of hydrogen-bond acceptors (Lipinski definition) is 5. The van der Waals surface area contributed by atoms with Crippen LogP contribution in [0.15, 0.2) is 30.3 Å². The number of carbonyl (C=O) groups is 1. The molecule has 0 radical (unpaired) electrons. The van der Waals surface area contributed by atoms with Crippen LogP contribution < -0.4 is 4.74 Å². The van der Waals surface area contributed by atoms with Gasteiger partial charge < -0.3 is 14.6 Å². The van der Waals surface area contributed by atoms with Crippen LogP contribution in [-0.4, -0.2) is 40.7 Å². The number of aromatic nitrogens is 2. The number of nitrogens with zero attached hydrogens (tertiary/aromatic N) is 2. The van der Waals surface area contributed by atoms with Gasteiger partial charge in [-0.25, -0.2) is 4.79 Å². The maximum absolute atomic E-state index is 11.3. The molecule has 0 bridgehead atoms. The van der Waals surface area contributed by atoms with Crippen molar-refractivity contribution >= 4 is 5.97 Å². The van der Waals surface area contributed by atoms with Gasteiger partial charge in [-0.05, 0) is 44.2 Å². The highest BCUT2D eigenvalue weighted by Crippen LogP contribution is 2.13. The van der Waals surface area contributed by atoms with Crippen LogP contribution in [0.25, 0.3) is 0 Å². The summed E-state index contributed by atoms with van der Waals surface area (Å²) in [5.74, 6) is 0.191. The number of rotatable bonds is 6. The minimum absolute atomic E-state index is 0.149. The molecule has 1 heterocycles. The van der Waals surface area contributed by atoms with E-state index in [4.69, 9.17) is 4.74 Å². The van der Waals surface area contributed by atoms with Gasteiger partial charge in [-0.3, -0.25) is 4.68 Å². The van der Waals surface area contributed by atoms with E-state index < -0.39 is 12.1 Å². The molecule has 0 aliphatic heterocycles. The topological polar surface area (TPSA) is 73.6 Å². The summed E-state index contributed by atoms with van der Waals surface area (Å²) < 4.78 is 11.9. The summed E-state index contributed by atoms with van der Waals surface area (Å²) in [5, 5.41) is 14.3. The van der Waals surface area contributed by atoms with E-state index >= 15 is 0 Å². The lowest BCUT2D eigenvalue weighted by Gasteiger charge is -2.13. The van der Waals surface area contributed by atoms with Crippen LogP contribution in [0.4, 0.5) is 0 Å². The Morgan fingerprint density at radius 2 is 2.00 bits per heavy atom. The highest BCUT2D eigenvalue weighted by molar-refractivity contribution is 5.89. The lowest BCUT2D eigenvalue weighted by Crippen LogP contribution is -2.24. The summed E-state index contributed by atoms with van der Waals surface area (Å²) in [6.45, 7) is 4.38. The summed E-state index contributed by atoms with van der Waals surface area (Å²) in [6.07, 6.45) is -0.668. The van der Waals surface area contributed by atoms with E-state index in [0.717, 1.165) is 11.4 Å². The Balaban J connectivity index is 1.87. The first-order chi connectivity index (χ1) is 10.5. The summed E-state index contributed by atoms with van der Waals surface area (Å²) in [6, 6.07) is 8.53. The maximum atomic E-state index is 11.3. The van der Waals surface area contributed by atoms with Crippen molar-refractivity contribution in [2.75, 3.05) is 13.7 Å². The number of esters is 1. The molecule has 0 spiro atoms. The molecule has 6 nitrogen and oxygen atoms in total. The average molecular weight is 304 g/mol. The van der Waals surface area contributed by atoms with Gasteiger partial charge in [0.05, 0.1) is 24.9 Å². The number of methoxy groups -OCH3 is 1. The number of ether oxygens (including phenoxy) is 2. The van der Waals surface area contributed by atoms with Crippen molar-refractivity contribution in [2.45, 2.75) is 26.5 Å². The zero-order valence-corrected chi connectivity index (χ0v) is 12.9. The predicted octanol–water partition coefficient (Wildman–Crippen LogP) is 1.73. The zero-order chi connectivity index (χ0) is 16.1. The van der Waals surface area contributed by atoms with E-state index in [2.05, 4.69) is 9.84 Å². The van der Waals surface area contributed by atoms with Gasteiger partial charge in [-0.15, -0.1) is 0 Å².